The third-order valence-electron chi connectivity index (χ3n) is 3.61. The Morgan fingerprint density at radius 2 is 1.79 bits per heavy atom. The maximum atomic E-state index is 12.2. The Morgan fingerprint density at radius 3 is 2.42 bits per heavy atom. The summed E-state index contributed by atoms with van der Waals surface area (Å²) in [7, 11) is 0. The van der Waals surface area contributed by atoms with Gasteiger partial charge in [0.1, 0.15) is 12.4 Å². The van der Waals surface area contributed by atoms with Crippen molar-refractivity contribution < 1.29 is 9.53 Å². The molecule has 122 valence electrons. The lowest BCUT2D eigenvalue weighted by Crippen LogP contribution is -2.11. The molecule has 0 aliphatic heterocycles. The summed E-state index contributed by atoms with van der Waals surface area (Å²) in [4.78, 5) is 17.7. The van der Waals surface area contributed by atoms with Crippen LogP contribution in [0.5, 0.6) is 5.75 Å². The summed E-state index contributed by atoms with van der Waals surface area (Å²) in [6.07, 6.45) is 0. The lowest BCUT2D eigenvalue weighted by atomic mass is 10.1. The lowest BCUT2D eigenvalue weighted by Gasteiger charge is -2.07. The number of hydrogen-bond acceptors (Lipinski definition) is 4. The topological polar surface area (TPSA) is 51.2 Å². The van der Waals surface area contributed by atoms with E-state index in [4.69, 9.17) is 4.74 Å². The van der Waals surface area contributed by atoms with Crippen LogP contribution in [0.15, 0.2) is 54.6 Å². The number of nitrogens with zero attached hydrogens (tertiary/aromatic N) is 1. The van der Waals surface area contributed by atoms with E-state index in [0.29, 0.717) is 17.3 Å². The van der Waals surface area contributed by atoms with Crippen LogP contribution < -0.4 is 10.1 Å². The second kappa shape index (κ2) is 7.27. The Bertz CT molecular complexity index is 807. The van der Waals surface area contributed by atoms with Crippen molar-refractivity contribution in [2.75, 3.05) is 5.32 Å². The number of aryl methyl sites for hydroxylation is 2. The van der Waals surface area contributed by atoms with Crippen molar-refractivity contribution >= 4 is 22.4 Å². The Labute approximate surface area is 145 Å². The number of ether oxygens (including phenoxy) is 1. The van der Waals surface area contributed by atoms with Crippen LogP contribution in [-0.4, -0.2) is 10.9 Å². The molecule has 4 nitrogen and oxygen atoms in total. The number of nitrogens with one attached hydrogen (secondary N) is 1. The number of anilines is 1. The molecule has 5 heteroatoms. The molecule has 0 spiro atoms. The Morgan fingerprint density at radius 1 is 1.08 bits per heavy atom. The van der Waals surface area contributed by atoms with Crippen LogP contribution in [0, 0.1) is 13.8 Å². The van der Waals surface area contributed by atoms with Crippen LogP contribution in [0.2, 0.25) is 0 Å². The summed E-state index contributed by atoms with van der Waals surface area (Å²) in [5, 5.41) is 3.47. The molecule has 1 amide bonds. The van der Waals surface area contributed by atoms with Crippen LogP contribution in [0.4, 0.5) is 5.13 Å². The van der Waals surface area contributed by atoms with Crippen LogP contribution in [0.3, 0.4) is 0 Å². The van der Waals surface area contributed by atoms with E-state index in [2.05, 4.69) is 10.3 Å². The number of aromatic nitrogens is 1. The molecule has 0 radical (unpaired) electrons. The van der Waals surface area contributed by atoms with E-state index in [1.165, 1.54) is 11.3 Å². The van der Waals surface area contributed by atoms with E-state index in [-0.39, 0.29) is 5.91 Å². The normalized spacial score (nSPS) is 10.4. The van der Waals surface area contributed by atoms with E-state index < -0.39 is 0 Å². The summed E-state index contributed by atoms with van der Waals surface area (Å²) < 4.78 is 5.70. The summed E-state index contributed by atoms with van der Waals surface area (Å²) in [5.74, 6) is 0.674. The summed E-state index contributed by atoms with van der Waals surface area (Å²) >= 11 is 1.48. The zero-order valence-corrected chi connectivity index (χ0v) is 14.4. The molecule has 2 aromatic carbocycles. The van der Waals surface area contributed by atoms with E-state index in [0.717, 1.165) is 21.9 Å². The quantitative estimate of drug-likeness (QED) is 0.740. The standard InChI is InChI=1S/C19H18N2O2S/c1-13-14(2)24-19(20-13)21-18(22)16-10-8-15(9-11-16)12-23-17-6-4-3-5-7-17/h3-11H,12H2,1-2H3,(H,20,21,22). The molecule has 0 aliphatic carbocycles. The smallest absolute Gasteiger partial charge is 0.257 e. The van der Waals surface area contributed by atoms with Crippen molar-refractivity contribution in [2.45, 2.75) is 20.5 Å². The van der Waals surface area contributed by atoms with Gasteiger partial charge >= 0.3 is 0 Å². The molecule has 0 saturated carbocycles. The number of carbonyl (C=O) groups is 1. The molecule has 0 atom stereocenters. The largest absolute Gasteiger partial charge is 0.489 e. The van der Waals surface area contributed by atoms with Crippen molar-refractivity contribution in [2.24, 2.45) is 0 Å². The highest BCUT2D eigenvalue weighted by Gasteiger charge is 2.10. The fourth-order valence-corrected chi connectivity index (χ4v) is 2.94. The number of hydrogen-bond donors (Lipinski definition) is 1. The van der Waals surface area contributed by atoms with Gasteiger partial charge in [-0.1, -0.05) is 30.3 Å². The first-order chi connectivity index (χ1) is 11.6. The number of benzene rings is 2. The molecule has 1 heterocycles. The molecule has 0 unspecified atom stereocenters. The zero-order chi connectivity index (χ0) is 16.9. The average molecular weight is 338 g/mol. The molecule has 0 fully saturated rings. The lowest BCUT2D eigenvalue weighted by molar-refractivity contribution is 0.102. The molecule has 1 N–H and O–H groups in total. The van der Waals surface area contributed by atoms with Gasteiger partial charge in [0, 0.05) is 10.4 Å². The number of para-hydroxylation sites is 1. The molecule has 1 aromatic heterocycles. The van der Waals surface area contributed by atoms with Gasteiger partial charge in [0.2, 0.25) is 0 Å². The minimum absolute atomic E-state index is 0.153. The third-order valence-corrected chi connectivity index (χ3v) is 4.60. The van der Waals surface area contributed by atoms with E-state index >= 15 is 0 Å². The maximum Gasteiger partial charge on any atom is 0.257 e. The van der Waals surface area contributed by atoms with Crippen molar-refractivity contribution in [3.63, 3.8) is 0 Å². The number of rotatable bonds is 5. The maximum absolute atomic E-state index is 12.2. The fraction of sp³-hybridized carbons (Fsp3) is 0.158. The van der Waals surface area contributed by atoms with E-state index in [1.807, 2.05) is 56.3 Å². The first-order valence-electron chi connectivity index (χ1n) is 7.64. The molecular formula is C19H18N2O2S. The Hall–Kier alpha value is -2.66. The second-order valence-electron chi connectivity index (χ2n) is 5.41. The monoisotopic (exact) mass is 338 g/mol. The SMILES string of the molecule is Cc1nc(NC(=O)c2ccc(COc3ccccc3)cc2)sc1C. The van der Waals surface area contributed by atoms with Gasteiger partial charge in [-0.15, -0.1) is 11.3 Å². The molecular weight excluding hydrogens is 320 g/mol. The highest BCUT2D eigenvalue weighted by atomic mass is 32.1. The van der Waals surface area contributed by atoms with E-state index in [1.54, 1.807) is 12.1 Å². The average Bonchev–Trinajstić information content (AvgIpc) is 2.92. The van der Waals surface area contributed by atoms with Gasteiger partial charge in [-0.25, -0.2) is 4.98 Å². The first-order valence-corrected chi connectivity index (χ1v) is 8.45. The predicted octanol–water partition coefficient (Wildman–Crippen LogP) is 4.59. The number of thiazole rings is 1. The van der Waals surface area contributed by atoms with Crippen LogP contribution in [0.25, 0.3) is 0 Å². The van der Waals surface area contributed by atoms with Gasteiger partial charge < -0.3 is 4.74 Å². The van der Waals surface area contributed by atoms with Gasteiger partial charge in [-0.2, -0.15) is 0 Å². The Balaban J connectivity index is 1.60. The predicted molar refractivity (Wildman–Crippen MR) is 96.8 cm³/mol. The minimum Gasteiger partial charge on any atom is -0.489 e. The second-order valence-corrected chi connectivity index (χ2v) is 6.62. The fourth-order valence-electron chi connectivity index (χ4n) is 2.13. The van der Waals surface area contributed by atoms with Gasteiger partial charge in [0.05, 0.1) is 5.69 Å². The number of carbonyl (C=O) groups excluding carboxylic acids is 1. The molecule has 0 aliphatic rings. The van der Waals surface area contributed by atoms with Crippen molar-refractivity contribution in [3.05, 3.63) is 76.3 Å². The van der Waals surface area contributed by atoms with Gasteiger partial charge in [0.15, 0.2) is 5.13 Å². The summed E-state index contributed by atoms with van der Waals surface area (Å²) in [5.41, 5.74) is 2.56. The van der Waals surface area contributed by atoms with Crippen LogP contribution in [0.1, 0.15) is 26.5 Å². The molecule has 3 aromatic rings. The highest BCUT2D eigenvalue weighted by molar-refractivity contribution is 7.15. The Kier molecular flexibility index (Phi) is 4.91. The zero-order valence-electron chi connectivity index (χ0n) is 13.6. The molecule has 0 saturated heterocycles. The van der Waals surface area contributed by atoms with Gasteiger partial charge in [-0.05, 0) is 43.7 Å². The minimum atomic E-state index is -0.153. The number of amides is 1. The molecule has 0 bridgehead atoms. The highest BCUT2D eigenvalue weighted by Crippen LogP contribution is 2.21. The first kappa shape index (κ1) is 16.2. The van der Waals surface area contributed by atoms with Crippen LogP contribution in [-0.2, 0) is 6.61 Å². The summed E-state index contributed by atoms with van der Waals surface area (Å²) in [6.45, 7) is 4.39. The van der Waals surface area contributed by atoms with E-state index in [9.17, 15) is 4.79 Å². The van der Waals surface area contributed by atoms with Crippen LogP contribution >= 0.6 is 11.3 Å². The molecule has 24 heavy (non-hydrogen) atoms. The summed E-state index contributed by atoms with van der Waals surface area (Å²) in [6, 6.07) is 17.0. The van der Waals surface area contributed by atoms with Crippen molar-refractivity contribution in [3.8, 4) is 5.75 Å². The van der Waals surface area contributed by atoms with Gasteiger partial charge in [-0.3, -0.25) is 10.1 Å². The van der Waals surface area contributed by atoms with Gasteiger partial charge in [0.25, 0.3) is 5.91 Å². The van der Waals surface area contributed by atoms with Crippen molar-refractivity contribution in [1.82, 2.24) is 4.98 Å². The third kappa shape index (κ3) is 4.00. The molecule has 3 rings (SSSR count). The van der Waals surface area contributed by atoms with Crippen molar-refractivity contribution in [1.29, 1.82) is 0 Å².